The molecule has 72 valence electrons. The van der Waals surface area contributed by atoms with E-state index in [-0.39, 0.29) is 11.3 Å². The maximum atomic E-state index is 11.1. The van der Waals surface area contributed by atoms with E-state index in [0.717, 1.165) is 0 Å². The van der Waals surface area contributed by atoms with Gasteiger partial charge < -0.3 is 11.1 Å². The third-order valence-electron chi connectivity index (χ3n) is 1.97. The van der Waals surface area contributed by atoms with Gasteiger partial charge in [-0.05, 0) is 5.92 Å². The van der Waals surface area contributed by atoms with Crippen molar-refractivity contribution in [2.75, 3.05) is 18.4 Å². The van der Waals surface area contributed by atoms with Crippen molar-refractivity contribution in [2.45, 2.75) is 19.8 Å². The fraction of sp³-hybridized carbons (Fsp3) is 0.556. The third kappa shape index (κ3) is 1.62. The zero-order valence-corrected chi connectivity index (χ0v) is 7.89. The molecule has 0 aliphatic heterocycles. The molecule has 4 heteroatoms. The van der Waals surface area contributed by atoms with Crippen LogP contribution in [0.2, 0.25) is 0 Å². The Kier molecular flexibility index (Phi) is 2.83. The van der Waals surface area contributed by atoms with Crippen LogP contribution in [-0.4, -0.2) is 13.1 Å². The number of nitrogens with one attached hydrogen (secondary N) is 1. The van der Waals surface area contributed by atoms with Gasteiger partial charge in [-0.25, -0.2) is 0 Å². The van der Waals surface area contributed by atoms with Crippen molar-refractivity contribution in [2.24, 2.45) is 5.73 Å². The molecule has 0 saturated carbocycles. The molecule has 0 atom stereocenters. The van der Waals surface area contributed by atoms with Crippen LogP contribution >= 0.6 is 0 Å². The first kappa shape index (κ1) is 9.92. The topological polar surface area (TPSA) is 72.2 Å². The number of nitrogens with two attached hydrogens (primary N) is 1. The highest BCUT2D eigenvalue weighted by Gasteiger charge is 2.22. The maximum absolute atomic E-state index is 11.1. The first-order chi connectivity index (χ1) is 6.09. The summed E-state index contributed by atoms with van der Waals surface area (Å²) in [5.74, 6) is 0.102. The quantitative estimate of drug-likeness (QED) is 0.631. The number of hydrogen-bond acceptors (Lipinski definition) is 4. The van der Waals surface area contributed by atoms with Crippen LogP contribution in [0.4, 0.5) is 5.69 Å². The fourth-order valence-corrected chi connectivity index (χ4v) is 1.33. The summed E-state index contributed by atoms with van der Waals surface area (Å²) in [6, 6.07) is 0. The molecule has 1 aromatic rings. The molecule has 1 rings (SSSR count). The van der Waals surface area contributed by atoms with Gasteiger partial charge in [0.1, 0.15) is 0 Å². The van der Waals surface area contributed by atoms with Crippen LogP contribution in [0.5, 0.6) is 0 Å². The highest BCUT2D eigenvalue weighted by atomic mass is 16.2. The summed E-state index contributed by atoms with van der Waals surface area (Å²) < 4.78 is 0. The number of anilines is 1. The predicted octanol–water partition coefficient (Wildman–Crippen LogP) is -0.223. The van der Waals surface area contributed by atoms with Crippen molar-refractivity contribution in [3.8, 4) is 0 Å². The largest absolute Gasteiger partial charge is 0.380 e. The van der Waals surface area contributed by atoms with E-state index in [0.29, 0.717) is 24.3 Å². The van der Waals surface area contributed by atoms with Crippen LogP contribution < -0.4 is 21.9 Å². The lowest BCUT2D eigenvalue weighted by molar-refractivity contribution is 0.838. The van der Waals surface area contributed by atoms with Crippen molar-refractivity contribution < 1.29 is 0 Å². The highest BCUT2D eigenvalue weighted by Crippen LogP contribution is 2.17. The molecule has 0 bridgehead atoms. The third-order valence-corrected chi connectivity index (χ3v) is 1.97. The van der Waals surface area contributed by atoms with Crippen molar-refractivity contribution >= 4 is 5.69 Å². The summed E-state index contributed by atoms with van der Waals surface area (Å²) in [6.45, 7) is 4.77. The Morgan fingerprint density at radius 1 is 1.31 bits per heavy atom. The Morgan fingerprint density at radius 2 is 1.92 bits per heavy atom. The lowest BCUT2D eigenvalue weighted by atomic mass is 9.96. The normalized spacial score (nSPS) is 11.1. The molecule has 0 spiro atoms. The second kappa shape index (κ2) is 3.70. The molecule has 0 aliphatic carbocycles. The van der Waals surface area contributed by atoms with Gasteiger partial charge in [-0.15, -0.1) is 0 Å². The van der Waals surface area contributed by atoms with Crippen LogP contribution in [0.25, 0.3) is 0 Å². The minimum absolute atomic E-state index is 0.102. The average molecular weight is 182 g/mol. The molecule has 0 radical (unpaired) electrons. The predicted molar refractivity (Wildman–Crippen MR) is 53.0 cm³/mol. The summed E-state index contributed by atoms with van der Waals surface area (Å²) in [4.78, 5) is 22.2. The van der Waals surface area contributed by atoms with Gasteiger partial charge in [-0.3, -0.25) is 9.59 Å². The molecule has 3 N–H and O–H groups in total. The second-order valence-corrected chi connectivity index (χ2v) is 3.32. The smallest absolute Gasteiger partial charge is 0.249 e. The summed E-state index contributed by atoms with van der Waals surface area (Å²) in [6.07, 6.45) is 0. The molecule has 0 aliphatic rings. The minimum atomic E-state index is -0.405. The fourth-order valence-electron chi connectivity index (χ4n) is 1.33. The van der Waals surface area contributed by atoms with E-state index in [1.807, 2.05) is 13.8 Å². The van der Waals surface area contributed by atoms with Gasteiger partial charge in [0, 0.05) is 18.7 Å². The SMILES string of the molecule is CC(C)c1c(NCCN)c(=O)c1=O. The molecule has 0 unspecified atom stereocenters. The lowest BCUT2D eigenvalue weighted by Crippen LogP contribution is -2.39. The highest BCUT2D eigenvalue weighted by molar-refractivity contribution is 5.57. The zero-order valence-electron chi connectivity index (χ0n) is 7.89. The van der Waals surface area contributed by atoms with Gasteiger partial charge in [0.2, 0.25) is 10.9 Å². The Morgan fingerprint density at radius 3 is 2.38 bits per heavy atom. The zero-order chi connectivity index (χ0) is 10.0. The molecular formula is C9H14N2O2. The van der Waals surface area contributed by atoms with Crippen LogP contribution in [0.1, 0.15) is 25.3 Å². The van der Waals surface area contributed by atoms with Crippen LogP contribution in [0, 0.1) is 0 Å². The van der Waals surface area contributed by atoms with Gasteiger partial charge in [0.15, 0.2) is 0 Å². The summed E-state index contributed by atoms with van der Waals surface area (Å²) >= 11 is 0. The monoisotopic (exact) mass is 182 g/mol. The molecule has 0 aromatic heterocycles. The summed E-state index contributed by atoms with van der Waals surface area (Å²) in [5.41, 5.74) is 5.59. The standard InChI is InChI=1S/C9H14N2O2/c1-5(2)6-7(11-4-3-10)9(13)8(6)12/h5,11H,3-4,10H2,1-2H3. The van der Waals surface area contributed by atoms with Gasteiger partial charge in [0.25, 0.3) is 0 Å². The van der Waals surface area contributed by atoms with E-state index in [1.165, 1.54) is 0 Å². The van der Waals surface area contributed by atoms with Gasteiger partial charge in [-0.1, -0.05) is 13.8 Å². The van der Waals surface area contributed by atoms with E-state index < -0.39 is 5.43 Å². The summed E-state index contributed by atoms with van der Waals surface area (Å²) in [7, 11) is 0. The minimum Gasteiger partial charge on any atom is -0.380 e. The lowest BCUT2D eigenvalue weighted by Gasteiger charge is -2.14. The van der Waals surface area contributed by atoms with E-state index in [4.69, 9.17) is 5.73 Å². The number of rotatable bonds is 4. The Hall–Kier alpha value is -1.16. The first-order valence-electron chi connectivity index (χ1n) is 4.36. The van der Waals surface area contributed by atoms with Crippen LogP contribution in [0.3, 0.4) is 0 Å². The van der Waals surface area contributed by atoms with Crippen molar-refractivity contribution in [1.29, 1.82) is 0 Å². The summed E-state index contributed by atoms with van der Waals surface area (Å²) in [5, 5.41) is 2.86. The molecule has 0 fully saturated rings. The van der Waals surface area contributed by atoms with Gasteiger partial charge in [-0.2, -0.15) is 0 Å². The Labute approximate surface area is 76.4 Å². The van der Waals surface area contributed by atoms with Crippen molar-refractivity contribution in [3.05, 3.63) is 26.0 Å². The average Bonchev–Trinajstić information content (AvgIpc) is 2.09. The molecule has 0 amide bonds. The molecular weight excluding hydrogens is 168 g/mol. The molecule has 4 nitrogen and oxygen atoms in total. The van der Waals surface area contributed by atoms with Crippen LogP contribution in [0.15, 0.2) is 9.59 Å². The van der Waals surface area contributed by atoms with Crippen LogP contribution in [-0.2, 0) is 0 Å². The first-order valence-corrected chi connectivity index (χ1v) is 4.36. The van der Waals surface area contributed by atoms with Gasteiger partial charge >= 0.3 is 0 Å². The molecule has 0 saturated heterocycles. The van der Waals surface area contributed by atoms with E-state index in [9.17, 15) is 9.59 Å². The van der Waals surface area contributed by atoms with E-state index in [1.54, 1.807) is 0 Å². The molecule has 13 heavy (non-hydrogen) atoms. The Bertz CT molecular complexity index is 361. The van der Waals surface area contributed by atoms with Gasteiger partial charge in [0.05, 0.1) is 5.69 Å². The Balaban J connectivity index is 2.89. The number of hydrogen-bond donors (Lipinski definition) is 2. The van der Waals surface area contributed by atoms with E-state index in [2.05, 4.69) is 5.32 Å². The molecule has 1 aromatic carbocycles. The van der Waals surface area contributed by atoms with Crippen molar-refractivity contribution in [1.82, 2.24) is 0 Å². The second-order valence-electron chi connectivity index (χ2n) is 3.32. The molecule has 0 heterocycles. The maximum Gasteiger partial charge on any atom is 0.249 e. The van der Waals surface area contributed by atoms with Crippen molar-refractivity contribution in [3.63, 3.8) is 0 Å². The van der Waals surface area contributed by atoms with E-state index >= 15 is 0 Å².